The van der Waals surface area contributed by atoms with Gasteiger partial charge in [0.25, 0.3) is 0 Å². The summed E-state index contributed by atoms with van der Waals surface area (Å²) in [6.45, 7) is 7.03. The smallest absolute Gasteiger partial charge is 0.244 e. The molecule has 42 heavy (non-hydrogen) atoms. The number of carbonyl (C=O) groups excluding carboxylic acids is 2. The average Bonchev–Trinajstić information content (AvgIpc) is 2.88. The summed E-state index contributed by atoms with van der Waals surface area (Å²) in [7, 11) is -3.79. The van der Waals surface area contributed by atoms with Gasteiger partial charge in [-0.2, -0.15) is 0 Å². The van der Waals surface area contributed by atoms with Crippen molar-refractivity contribution in [1.29, 1.82) is 0 Å². The minimum atomic E-state index is -3.79. The van der Waals surface area contributed by atoms with E-state index in [1.807, 2.05) is 32.9 Å². The molecule has 0 saturated heterocycles. The number of benzene rings is 2. The van der Waals surface area contributed by atoms with Crippen LogP contribution in [-0.2, 0) is 31.6 Å². The highest BCUT2D eigenvalue weighted by Crippen LogP contribution is 2.60. The van der Waals surface area contributed by atoms with E-state index in [2.05, 4.69) is 17.4 Å². The lowest BCUT2D eigenvalue weighted by atomic mass is 9.48. The quantitative estimate of drug-likeness (QED) is 0.381. The fourth-order valence-electron chi connectivity index (χ4n) is 7.90. The molecule has 1 atom stereocenters. The predicted molar refractivity (Wildman–Crippen MR) is 168 cm³/mol. The van der Waals surface area contributed by atoms with E-state index in [0.29, 0.717) is 10.7 Å². The summed E-state index contributed by atoms with van der Waals surface area (Å²) in [5.41, 5.74) is 2.25. The Hall–Kier alpha value is -2.58. The molecule has 0 spiro atoms. The first-order valence-corrected chi connectivity index (χ1v) is 17.3. The summed E-state index contributed by atoms with van der Waals surface area (Å²) in [6, 6.07) is 14.1. The van der Waals surface area contributed by atoms with Crippen molar-refractivity contribution >= 4 is 39.1 Å². The van der Waals surface area contributed by atoms with Crippen molar-refractivity contribution < 1.29 is 18.0 Å². The summed E-state index contributed by atoms with van der Waals surface area (Å²) < 4.78 is 27.2. The Balaban J connectivity index is 1.39. The van der Waals surface area contributed by atoms with Crippen molar-refractivity contribution in [2.75, 3.05) is 17.1 Å². The number of hydrogen-bond donors (Lipinski definition) is 1. The Kier molecular flexibility index (Phi) is 8.45. The maximum Gasteiger partial charge on any atom is 0.244 e. The van der Waals surface area contributed by atoms with E-state index >= 15 is 0 Å². The second kappa shape index (κ2) is 11.5. The van der Waals surface area contributed by atoms with Crippen molar-refractivity contribution in [1.82, 2.24) is 10.2 Å². The van der Waals surface area contributed by atoms with Gasteiger partial charge in [0.05, 0.1) is 11.9 Å². The molecular formula is C33H44ClN3O4S. The van der Waals surface area contributed by atoms with Crippen LogP contribution in [0.5, 0.6) is 0 Å². The molecule has 4 saturated carbocycles. The highest BCUT2D eigenvalue weighted by Gasteiger charge is 2.51. The Bertz CT molecular complexity index is 1380. The standard InChI is InChI=1S/C33H44ClN3O4S/c1-22(31(39)35-32(2,3)4)36(20-23-6-10-28(34)11-7-23)30(38)21-37(42(5,40)41)29-12-8-27(9-13-29)33-17-24-14-25(18-33)16-26(15-24)19-33/h6-13,22,24-26H,14-21H2,1-5H3,(H,35,39)/t22-,24?,25?,26?,33?/m1/s1. The van der Waals surface area contributed by atoms with Crippen molar-refractivity contribution in [2.24, 2.45) is 17.8 Å². The van der Waals surface area contributed by atoms with Gasteiger partial charge in [0.15, 0.2) is 0 Å². The number of hydrogen-bond acceptors (Lipinski definition) is 4. The van der Waals surface area contributed by atoms with E-state index in [0.717, 1.165) is 33.9 Å². The SMILES string of the molecule is C[C@H](C(=O)NC(C)(C)C)N(Cc1ccc(Cl)cc1)C(=O)CN(c1ccc(C23CC4CC(CC(C4)C2)C3)cc1)S(C)(=O)=O. The Morgan fingerprint density at radius 2 is 1.48 bits per heavy atom. The number of rotatable bonds is 9. The maximum atomic E-state index is 13.9. The van der Waals surface area contributed by atoms with Crippen molar-refractivity contribution in [3.8, 4) is 0 Å². The van der Waals surface area contributed by atoms with E-state index in [1.165, 1.54) is 49.0 Å². The minimum Gasteiger partial charge on any atom is -0.350 e. The summed E-state index contributed by atoms with van der Waals surface area (Å²) in [5, 5.41) is 3.50. The van der Waals surface area contributed by atoms with Crippen LogP contribution in [0, 0.1) is 17.8 Å². The monoisotopic (exact) mass is 613 g/mol. The largest absolute Gasteiger partial charge is 0.350 e. The van der Waals surface area contributed by atoms with Crippen molar-refractivity contribution in [2.45, 2.75) is 89.8 Å². The van der Waals surface area contributed by atoms with Gasteiger partial charge < -0.3 is 10.2 Å². The van der Waals surface area contributed by atoms with Gasteiger partial charge in [-0.15, -0.1) is 0 Å². The number of sulfonamides is 1. The molecule has 1 N–H and O–H groups in total. The lowest BCUT2D eigenvalue weighted by molar-refractivity contribution is -0.140. The van der Waals surface area contributed by atoms with Gasteiger partial charge in [-0.3, -0.25) is 13.9 Å². The third kappa shape index (κ3) is 6.80. The normalized spacial score (nSPS) is 25.6. The number of anilines is 1. The molecule has 0 aromatic heterocycles. The van der Waals surface area contributed by atoms with E-state index in [1.54, 1.807) is 31.2 Å². The molecule has 2 aromatic carbocycles. The Labute approximate surface area is 256 Å². The Morgan fingerprint density at radius 1 is 0.952 bits per heavy atom. The molecule has 4 fully saturated rings. The van der Waals surface area contributed by atoms with Crippen molar-refractivity contribution in [3.63, 3.8) is 0 Å². The number of carbonyl (C=O) groups is 2. The van der Waals surface area contributed by atoms with Crippen molar-refractivity contribution in [3.05, 3.63) is 64.7 Å². The van der Waals surface area contributed by atoms with Crippen LogP contribution in [0.25, 0.3) is 0 Å². The summed E-state index contributed by atoms with van der Waals surface area (Å²) >= 11 is 6.06. The van der Waals surface area contributed by atoms with Gasteiger partial charge in [0.1, 0.15) is 12.6 Å². The third-order valence-electron chi connectivity index (χ3n) is 9.42. The van der Waals surface area contributed by atoms with Gasteiger partial charge >= 0.3 is 0 Å². The molecule has 2 aromatic rings. The number of halogens is 1. The van der Waals surface area contributed by atoms with Crippen LogP contribution < -0.4 is 9.62 Å². The molecule has 0 radical (unpaired) electrons. The first-order chi connectivity index (χ1) is 19.6. The summed E-state index contributed by atoms with van der Waals surface area (Å²) in [4.78, 5) is 28.4. The highest BCUT2D eigenvalue weighted by atomic mass is 35.5. The number of amides is 2. The van der Waals surface area contributed by atoms with Crippen LogP contribution in [-0.4, -0.2) is 49.5 Å². The number of nitrogens with one attached hydrogen (secondary N) is 1. The molecule has 4 bridgehead atoms. The topological polar surface area (TPSA) is 86.8 Å². The first kappa shape index (κ1) is 30.9. The lowest BCUT2D eigenvalue weighted by Gasteiger charge is -2.57. The van der Waals surface area contributed by atoms with Gasteiger partial charge in [-0.05, 0) is 125 Å². The Morgan fingerprint density at radius 3 is 1.95 bits per heavy atom. The number of nitrogens with zero attached hydrogens (tertiary/aromatic N) is 2. The van der Waals surface area contributed by atoms with E-state index in [9.17, 15) is 18.0 Å². The molecule has 228 valence electrons. The molecule has 0 heterocycles. The molecule has 0 unspecified atom stereocenters. The lowest BCUT2D eigenvalue weighted by Crippen LogP contribution is -2.54. The van der Waals surface area contributed by atoms with Crippen LogP contribution in [0.2, 0.25) is 5.02 Å². The van der Waals surface area contributed by atoms with E-state index in [4.69, 9.17) is 11.6 Å². The zero-order valence-electron chi connectivity index (χ0n) is 25.4. The van der Waals surface area contributed by atoms with Gasteiger partial charge in [0, 0.05) is 17.1 Å². The van der Waals surface area contributed by atoms with E-state index < -0.39 is 34.1 Å². The van der Waals surface area contributed by atoms with Crippen LogP contribution >= 0.6 is 11.6 Å². The first-order valence-electron chi connectivity index (χ1n) is 15.1. The molecule has 0 aliphatic heterocycles. The third-order valence-corrected chi connectivity index (χ3v) is 10.8. The molecule has 2 amide bonds. The fraction of sp³-hybridized carbons (Fsp3) is 0.576. The summed E-state index contributed by atoms with van der Waals surface area (Å²) in [6.07, 6.45) is 8.87. The predicted octanol–water partition coefficient (Wildman–Crippen LogP) is 5.91. The fourth-order valence-corrected chi connectivity index (χ4v) is 8.88. The average molecular weight is 614 g/mol. The zero-order chi connectivity index (χ0) is 30.4. The summed E-state index contributed by atoms with van der Waals surface area (Å²) in [5.74, 6) is 1.66. The molecule has 4 aliphatic carbocycles. The second-order valence-corrected chi connectivity index (χ2v) is 16.4. The minimum absolute atomic E-state index is 0.136. The van der Waals surface area contributed by atoms with Gasteiger partial charge in [-0.25, -0.2) is 8.42 Å². The van der Waals surface area contributed by atoms with Crippen LogP contribution in [0.15, 0.2) is 48.5 Å². The van der Waals surface area contributed by atoms with E-state index in [-0.39, 0.29) is 17.9 Å². The van der Waals surface area contributed by atoms with Gasteiger partial charge in [0.2, 0.25) is 21.8 Å². The zero-order valence-corrected chi connectivity index (χ0v) is 27.0. The second-order valence-electron chi connectivity index (χ2n) is 14.1. The molecular weight excluding hydrogens is 570 g/mol. The van der Waals surface area contributed by atoms with Crippen LogP contribution in [0.3, 0.4) is 0 Å². The van der Waals surface area contributed by atoms with Crippen LogP contribution in [0.1, 0.15) is 77.3 Å². The van der Waals surface area contributed by atoms with Crippen LogP contribution in [0.4, 0.5) is 5.69 Å². The molecule has 4 aliphatic rings. The maximum absolute atomic E-state index is 13.9. The molecule has 9 heteroatoms. The molecule has 7 nitrogen and oxygen atoms in total. The highest BCUT2D eigenvalue weighted by molar-refractivity contribution is 7.92. The van der Waals surface area contributed by atoms with Gasteiger partial charge in [-0.1, -0.05) is 35.9 Å². The molecule has 6 rings (SSSR count).